The third kappa shape index (κ3) is 7.64. The van der Waals surface area contributed by atoms with E-state index in [0.29, 0.717) is 24.3 Å². The van der Waals surface area contributed by atoms with Crippen LogP contribution in [0.5, 0.6) is 0 Å². The van der Waals surface area contributed by atoms with E-state index in [9.17, 15) is 18.0 Å². The molecule has 0 radical (unpaired) electrons. The number of sulfonamides is 1. The van der Waals surface area contributed by atoms with Crippen LogP contribution in [0.15, 0.2) is 53.4 Å². The first-order valence-corrected chi connectivity index (χ1v) is 12.1. The van der Waals surface area contributed by atoms with Crippen molar-refractivity contribution >= 4 is 27.6 Å². The fraction of sp³-hybridized carbons (Fsp3) is 0.391. The molecule has 178 valence electrons. The zero-order valence-corrected chi connectivity index (χ0v) is 19.1. The number of carboxylic acids is 1. The molecule has 3 rings (SSSR count). The summed E-state index contributed by atoms with van der Waals surface area (Å²) in [6, 6.07) is 11.4. The van der Waals surface area contributed by atoms with Crippen LogP contribution >= 0.6 is 0 Å². The molecule has 0 spiro atoms. The zero-order chi connectivity index (χ0) is 23.8. The molecule has 0 aromatic heterocycles. The van der Waals surface area contributed by atoms with Gasteiger partial charge in [0.2, 0.25) is 15.9 Å². The molecule has 1 fully saturated rings. The van der Waals surface area contributed by atoms with Gasteiger partial charge in [-0.05, 0) is 56.0 Å². The molecule has 2 aromatic rings. The van der Waals surface area contributed by atoms with E-state index in [-0.39, 0.29) is 17.9 Å². The molecule has 33 heavy (non-hydrogen) atoms. The summed E-state index contributed by atoms with van der Waals surface area (Å²) in [5.41, 5.74) is 1.89. The number of rotatable bonds is 10. The van der Waals surface area contributed by atoms with Crippen LogP contribution in [-0.2, 0) is 35.5 Å². The standard InChI is InChI=1S/C23H28N2O7S/c1-16-5-11-19(12-6-16)33(29,30)25-20(15-32-22-4-2-3-13-31-22)23(28)24-18-9-7-17(8-10-18)14-21(26)27/h5-12,20,22,25H,2-4,13-15H2,1H3,(H,24,28)(H,26,27). The number of aryl methyl sites for hydroxylation is 1. The van der Waals surface area contributed by atoms with Gasteiger partial charge in [0.15, 0.2) is 6.29 Å². The van der Waals surface area contributed by atoms with Crippen molar-refractivity contribution in [3.8, 4) is 0 Å². The van der Waals surface area contributed by atoms with Gasteiger partial charge in [-0.1, -0.05) is 29.8 Å². The van der Waals surface area contributed by atoms with Crippen LogP contribution < -0.4 is 10.0 Å². The summed E-state index contributed by atoms with van der Waals surface area (Å²) in [5, 5.41) is 11.5. The Kier molecular flexibility index (Phi) is 8.56. The Morgan fingerprint density at radius 2 is 1.82 bits per heavy atom. The van der Waals surface area contributed by atoms with E-state index in [4.69, 9.17) is 14.6 Å². The van der Waals surface area contributed by atoms with Gasteiger partial charge in [-0.15, -0.1) is 0 Å². The van der Waals surface area contributed by atoms with Gasteiger partial charge in [-0.2, -0.15) is 4.72 Å². The minimum atomic E-state index is -3.98. The average Bonchev–Trinajstić information content (AvgIpc) is 2.78. The molecule has 2 aromatic carbocycles. The molecule has 1 aliphatic heterocycles. The van der Waals surface area contributed by atoms with Crippen molar-refractivity contribution < 1.29 is 32.6 Å². The number of carbonyl (C=O) groups is 2. The van der Waals surface area contributed by atoms with Crippen molar-refractivity contribution in [2.24, 2.45) is 0 Å². The Morgan fingerprint density at radius 1 is 1.12 bits per heavy atom. The maximum absolute atomic E-state index is 13.0. The average molecular weight is 477 g/mol. The number of amides is 1. The quantitative estimate of drug-likeness (QED) is 0.480. The summed E-state index contributed by atoms with van der Waals surface area (Å²) in [6.45, 7) is 2.19. The largest absolute Gasteiger partial charge is 0.481 e. The third-order valence-electron chi connectivity index (χ3n) is 5.11. The lowest BCUT2D eigenvalue weighted by molar-refractivity contribution is -0.166. The first-order chi connectivity index (χ1) is 15.7. The van der Waals surface area contributed by atoms with Gasteiger partial charge >= 0.3 is 5.97 Å². The topological polar surface area (TPSA) is 131 Å². The molecule has 10 heteroatoms. The van der Waals surface area contributed by atoms with Gasteiger partial charge < -0.3 is 19.9 Å². The van der Waals surface area contributed by atoms with Gasteiger partial charge in [0.05, 0.1) is 17.9 Å². The molecule has 1 heterocycles. The van der Waals surface area contributed by atoms with Gasteiger partial charge in [0, 0.05) is 12.3 Å². The van der Waals surface area contributed by atoms with Crippen molar-refractivity contribution in [3.05, 3.63) is 59.7 Å². The van der Waals surface area contributed by atoms with E-state index in [2.05, 4.69) is 10.0 Å². The Hall–Kier alpha value is -2.79. The number of anilines is 1. The molecule has 1 aliphatic rings. The van der Waals surface area contributed by atoms with Gasteiger partial charge in [0.1, 0.15) is 6.04 Å². The van der Waals surface area contributed by atoms with E-state index in [1.54, 1.807) is 36.4 Å². The molecule has 2 atom stereocenters. The highest BCUT2D eigenvalue weighted by Gasteiger charge is 2.28. The fourth-order valence-corrected chi connectivity index (χ4v) is 4.47. The van der Waals surface area contributed by atoms with Crippen LogP contribution in [0.3, 0.4) is 0 Å². The summed E-state index contributed by atoms with van der Waals surface area (Å²) in [6.07, 6.45) is 1.90. The SMILES string of the molecule is Cc1ccc(S(=O)(=O)NC(COC2CCCCO2)C(=O)Nc2ccc(CC(=O)O)cc2)cc1. The van der Waals surface area contributed by atoms with Crippen molar-refractivity contribution in [1.29, 1.82) is 0 Å². The smallest absolute Gasteiger partial charge is 0.307 e. The van der Waals surface area contributed by atoms with Crippen LogP contribution in [0.1, 0.15) is 30.4 Å². The zero-order valence-electron chi connectivity index (χ0n) is 18.3. The number of benzene rings is 2. The fourth-order valence-electron chi connectivity index (χ4n) is 3.29. The third-order valence-corrected chi connectivity index (χ3v) is 6.60. The number of nitrogens with one attached hydrogen (secondary N) is 2. The van der Waals surface area contributed by atoms with E-state index in [0.717, 1.165) is 18.4 Å². The van der Waals surface area contributed by atoms with Gasteiger partial charge in [-0.25, -0.2) is 8.42 Å². The second-order valence-electron chi connectivity index (χ2n) is 7.87. The number of hydrogen-bond acceptors (Lipinski definition) is 6. The van der Waals surface area contributed by atoms with E-state index in [1.807, 2.05) is 6.92 Å². The molecule has 0 bridgehead atoms. The molecule has 0 aliphatic carbocycles. The van der Waals surface area contributed by atoms with Crippen molar-refractivity contribution in [2.75, 3.05) is 18.5 Å². The minimum Gasteiger partial charge on any atom is -0.481 e. The van der Waals surface area contributed by atoms with E-state index >= 15 is 0 Å². The maximum Gasteiger partial charge on any atom is 0.307 e. The molecule has 0 saturated carbocycles. The highest BCUT2D eigenvalue weighted by molar-refractivity contribution is 7.89. The number of carboxylic acid groups (broad SMARTS) is 1. The maximum atomic E-state index is 13.0. The molecule has 1 amide bonds. The summed E-state index contributed by atoms with van der Waals surface area (Å²) in [5.74, 6) is -1.56. The van der Waals surface area contributed by atoms with Crippen molar-refractivity contribution in [3.63, 3.8) is 0 Å². The van der Waals surface area contributed by atoms with E-state index in [1.165, 1.54) is 12.1 Å². The Bertz CT molecular complexity index is 1050. The highest BCUT2D eigenvalue weighted by Crippen LogP contribution is 2.16. The first-order valence-electron chi connectivity index (χ1n) is 10.7. The second kappa shape index (κ2) is 11.4. The Morgan fingerprint density at radius 3 is 2.42 bits per heavy atom. The molecule has 2 unspecified atom stereocenters. The van der Waals surface area contributed by atoms with Gasteiger partial charge in [0.25, 0.3) is 0 Å². The summed E-state index contributed by atoms with van der Waals surface area (Å²) in [4.78, 5) is 23.8. The molecular formula is C23H28N2O7S. The second-order valence-corrected chi connectivity index (χ2v) is 9.59. The predicted molar refractivity (Wildman–Crippen MR) is 121 cm³/mol. The molecule has 3 N–H and O–H groups in total. The molecular weight excluding hydrogens is 448 g/mol. The van der Waals surface area contributed by atoms with Crippen LogP contribution in [0.25, 0.3) is 0 Å². The molecule has 9 nitrogen and oxygen atoms in total. The van der Waals surface area contributed by atoms with Gasteiger partial charge in [-0.3, -0.25) is 9.59 Å². The Balaban J connectivity index is 1.72. The van der Waals surface area contributed by atoms with E-state index < -0.39 is 34.2 Å². The lowest BCUT2D eigenvalue weighted by Gasteiger charge is -2.25. The summed E-state index contributed by atoms with van der Waals surface area (Å²) >= 11 is 0. The lowest BCUT2D eigenvalue weighted by atomic mass is 10.1. The monoisotopic (exact) mass is 476 g/mol. The highest BCUT2D eigenvalue weighted by atomic mass is 32.2. The summed E-state index contributed by atoms with van der Waals surface area (Å²) < 4.78 is 39.4. The van der Waals surface area contributed by atoms with Crippen molar-refractivity contribution in [1.82, 2.24) is 4.72 Å². The number of ether oxygens (including phenoxy) is 2. The van der Waals surface area contributed by atoms with Crippen LogP contribution in [0, 0.1) is 6.92 Å². The lowest BCUT2D eigenvalue weighted by Crippen LogP contribution is -2.47. The Labute approximate surface area is 193 Å². The van der Waals surface area contributed by atoms with Crippen LogP contribution in [-0.4, -0.2) is 50.9 Å². The number of carbonyl (C=O) groups excluding carboxylic acids is 1. The number of aliphatic carboxylic acids is 1. The van der Waals surface area contributed by atoms with Crippen molar-refractivity contribution in [2.45, 2.75) is 49.8 Å². The predicted octanol–water partition coefficient (Wildman–Crippen LogP) is 2.45. The van der Waals surface area contributed by atoms with Crippen LogP contribution in [0.2, 0.25) is 0 Å². The first kappa shape index (κ1) is 24.8. The minimum absolute atomic E-state index is 0.0397. The summed E-state index contributed by atoms with van der Waals surface area (Å²) in [7, 11) is -3.98. The van der Waals surface area contributed by atoms with Crippen LogP contribution in [0.4, 0.5) is 5.69 Å². The normalized spacial score (nSPS) is 17.3. The molecule has 1 saturated heterocycles. The number of hydrogen-bond donors (Lipinski definition) is 3.